The molecule has 0 amide bonds. The molecule has 0 spiro atoms. The molecule has 0 radical (unpaired) electrons. The number of hydrogen-bond acceptors (Lipinski definition) is 2. The second-order valence-corrected chi connectivity index (χ2v) is 3.57. The molecule has 0 aliphatic carbocycles. The maximum absolute atomic E-state index is 11.7. The van der Waals surface area contributed by atoms with E-state index >= 15 is 0 Å². The minimum absolute atomic E-state index is 0.341. The van der Waals surface area contributed by atoms with Gasteiger partial charge in [0.1, 0.15) is 10.7 Å². The highest BCUT2D eigenvalue weighted by Gasteiger charge is 2.08. The molecule has 80 valence electrons. The van der Waals surface area contributed by atoms with Gasteiger partial charge >= 0.3 is 0 Å². The molecule has 3 nitrogen and oxygen atoms in total. The number of halogens is 1. The van der Waals surface area contributed by atoms with E-state index in [4.69, 9.17) is 11.6 Å². The van der Waals surface area contributed by atoms with Crippen LogP contribution in [0.5, 0.6) is 0 Å². The van der Waals surface area contributed by atoms with E-state index in [9.17, 15) is 5.21 Å². The van der Waals surface area contributed by atoms with Crippen molar-refractivity contribution in [3.05, 3.63) is 64.8 Å². The third-order valence-electron chi connectivity index (χ3n) is 2.02. The predicted octanol–water partition coefficient (Wildman–Crippen LogP) is 4.27. The molecule has 4 heteroatoms. The van der Waals surface area contributed by atoms with Gasteiger partial charge in [-0.25, -0.2) is 0 Å². The summed E-state index contributed by atoms with van der Waals surface area (Å²) in [6, 6.07) is 15.8. The van der Waals surface area contributed by atoms with Gasteiger partial charge in [-0.3, -0.25) is 0 Å². The summed E-state index contributed by atoms with van der Waals surface area (Å²) in [4.78, 5) is 0.525. The summed E-state index contributed by atoms with van der Waals surface area (Å²) < 4.78 is 0. The van der Waals surface area contributed by atoms with Gasteiger partial charge in [-0.05, 0) is 23.1 Å². The van der Waals surface area contributed by atoms with Crippen LogP contribution in [-0.2, 0) is 0 Å². The second-order valence-electron chi connectivity index (χ2n) is 3.16. The third kappa shape index (κ3) is 2.38. The number of nitrogens with zero attached hydrogens (tertiary/aromatic N) is 2. The summed E-state index contributed by atoms with van der Waals surface area (Å²) in [7, 11) is 0. The van der Waals surface area contributed by atoms with Gasteiger partial charge in [0, 0.05) is 11.2 Å². The van der Waals surface area contributed by atoms with Crippen molar-refractivity contribution >= 4 is 23.0 Å². The summed E-state index contributed by atoms with van der Waals surface area (Å²) in [5, 5.41) is 16.0. The molecule has 0 unspecified atom stereocenters. The Labute approximate surface area is 98.2 Å². The van der Waals surface area contributed by atoms with Gasteiger partial charge < -0.3 is 5.21 Å². The van der Waals surface area contributed by atoms with Crippen LogP contribution in [0.3, 0.4) is 0 Å². The summed E-state index contributed by atoms with van der Waals surface area (Å²) in [6.45, 7) is 0. The Balaban J connectivity index is 2.36. The molecule has 0 aliphatic heterocycles. The van der Waals surface area contributed by atoms with E-state index in [0.717, 1.165) is 0 Å². The van der Waals surface area contributed by atoms with Crippen molar-refractivity contribution in [2.24, 2.45) is 5.11 Å². The molecule has 2 rings (SSSR count). The molecule has 0 heterocycles. The molecule has 0 bridgehead atoms. The Morgan fingerprint density at radius 2 is 1.56 bits per heavy atom. The second kappa shape index (κ2) is 4.77. The monoisotopic (exact) mass is 232 g/mol. The van der Waals surface area contributed by atoms with Crippen LogP contribution in [0.15, 0.2) is 59.7 Å². The molecule has 0 aliphatic rings. The van der Waals surface area contributed by atoms with Crippen molar-refractivity contribution in [3.63, 3.8) is 0 Å². The molecule has 0 saturated carbocycles. The summed E-state index contributed by atoms with van der Waals surface area (Å²) in [5.41, 5.74) is 0.936. The zero-order valence-electron chi connectivity index (χ0n) is 8.38. The smallest absolute Gasteiger partial charge is 0.263 e. The lowest BCUT2D eigenvalue weighted by Crippen LogP contribution is -1.90. The van der Waals surface area contributed by atoms with Crippen LogP contribution in [0.1, 0.15) is 0 Å². The molecule has 0 saturated heterocycles. The molecule has 0 fully saturated rings. The molecule has 0 aromatic heterocycles. The topological polar surface area (TPSA) is 38.4 Å². The van der Waals surface area contributed by atoms with Gasteiger partial charge in [-0.15, -0.1) is 0 Å². The lowest BCUT2D eigenvalue weighted by molar-refractivity contribution is -0.435. The van der Waals surface area contributed by atoms with Crippen LogP contribution in [0.2, 0.25) is 5.02 Å². The first-order valence-electron chi connectivity index (χ1n) is 4.76. The van der Waals surface area contributed by atoms with Gasteiger partial charge in [-0.1, -0.05) is 41.9 Å². The number of azo groups is 1. The fourth-order valence-electron chi connectivity index (χ4n) is 1.26. The zero-order valence-corrected chi connectivity index (χ0v) is 9.13. The predicted molar refractivity (Wildman–Crippen MR) is 63.3 cm³/mol. The molecule has 0 atom stereocenters. The average molecular weight is 233 g/mol. The first-order valence-corrected chi connectivity index (χ1v) is 5.13. The van der Waals surface area contributed by atoms with E-state index in [1.807, 2.05) is 18.2 Å². The Hall–Kier alpha value is -1.87. The molecule has 0 N–H and O–H groups in total. The quantitative estimate of drug-likeness (QED) is 0.433. The summed E-state index contributed by atoms with van der Waals surface area (Å²) in [5.74, 6) is 0. The largest absolute Gasteiger partial charge is 0.594 e. The number of hydrogen-bond donors (Lipinski definition) is 0. The third-order valence-corrected chi connectivity index (χ3v) is 2.34. The van der Waals surface area contributed by atoms with Gasteiger partial charge in [0.15, 0.2) is 0 Å². The van der Waals surface area contributed by atoms with Gasteiger partial charge in [0.05, 0.1) is 0 Å². The Kier molecular flexibility index (Phi) is 3.17. The maximum atomic E-state index is 11.7. The maximum Gasteiger partial charge on any atom is 0.263 e. The van der Waals surface area contributed by atoms with Crippen molar-refractivity contribution in [1.82, 2.24) is 0 Å². The van der Waals surface area contributed by atoms with Crippen molar-refractivity contribution in [1.29, 1.82) is 0 Å². The van der Waals surface area contributed by atoms with Crippen LogP contribution in [0.4, 0.5) is 11.4 Å². The van der Waals surface area contributed by atoms with Crippen LogP contribution < -0.4 is 0 Å². The Morgan fingerprint density at radius 3 is 2.25 bits per heavy atom. The minimum atomic E-state index is 0.341. The standard InChI is InChI=1S/C12H9ClN2O/c13-11-8-4-5-9-12(11)15(16)14-10-6-2-1-3-7-10/h1-9H. The first-order chi connectivity index (χ1) is 7.77. The van der Waals surface area contributed by atoms with Crippen molar-refractivity contribution in [2.75, 3.05) is 0 Å². The Morgan fingerprint density at radius 1 is 0.938 bits per heavy atom. The van der Waals surface area contributed by atoms with Crippen LogP contribution in [0, 0.1) is 5.21 Å². The van der Waals surface area contributed by atoms with E-state index in [0.29, 0.717) is 21.3 Å². The van der Waals surface area contributed by atoms with Crippen molar-refractivity contribution in [2.45, 2.75) is 0 Å². The SMILES string of the molecule is [O-][N+](=Nc1ccccc1)c1ccccc1Cl. The minimum Gasteiger partial charge on any atom is -0.594 e. The Bertz CT molecular complexity index is 511. The number of para-hydroxylation sites is 1. The highest BCUT2D eigenvalue weighted by molar-refractivity contribution is 6.32. The zero-order chi connectivity index (χ0) is 11.4. The lowest BCUT2D eigenvalue weighted by atomic mass is 10.3. The highest BCUT2D eigenvalue weighted by Crippen LogP contribution is 2.25. The van der Waals surface area contributed by atoms with Gasteiger partial charge in [-0.2, -0.15) is 0 Å². The number of benzene rings is 2. The number of rotatable bonds is 2. The van der Waals surface area contributed by atoms with E-state index in [-0.39, 0.29) is 0 Å². The van der Waals surface area contributed by atoms with E-state index in [1.165, 1.54) is 0 Å². The summed E-state index contributed by atoms with van der Waals surface area (Å²) >= 11 is 5.88. The highest BCUT2D eigenvalue weighted by atomic mass is 35.5. The molecule has 2 aromatic rings. The normalized spacial score (nSPS) is 11.4. The van der Waals surface area contributed by atoms with Crippen molar-refractivity contribution in [3.8, 4) is 0 Å². The summed E-state index contributed by atoms with van der Waals surface area (Å²) in [6.07, 6.45) is 0. The van der Waals surface area contributed by atoms with E-state index < -0.39 is 0 Å². The first kappa shape index (κ1) is 10.6. The molecule has 16 heavy (non-hydrogen) atoms. The lowest BCUT2D eigenvalue weighted by Gasteiger charge is -2.00. The van der Waals surface area contributed by atoms with Crippen LogP contribution in [-0.4, -0.2) is 4.86 Å². The molecular formula is C12H9ClN2O. The fourth-order valence-corrected chi connectivity index (χ4v) is 1.47. The van der Waals surface area contributed by atoms with Crippen molar-refractivity contribution < 1.29 is 4.86 Å². The fraction of sp³-hybridized carbons (Fsp3) is 0. The van der Waals surface area contributed by atoms with Crippen LogP contribution in [0.25, 0.3) is 0 Å². The van der Waals surface area contributed by atoms with Gasteiger partial charge in [0.2, 0.25) is 0 Å². The average Bonchev–Trinajstić information content (AvgIpc) is 2.31. The van der Waals surface area contributed by atoms with Crippen LogP contribution >= 0.6 is 11.6 Å². The van der Waals surface area contributed by atoms with E-state index in [1.54, 1.807) is 36.4 Å². The molecule has 2 aromatic carbocycles. The van der Waals surface area contributed by atoms with E-state index in [2.05, 4.69) is 5.11 Å². The molecular weight excluding hydrogens is 224 g/mol. The van der Waals surface area contributed by atoms with Gasteiger partial charge in [0.25, 0.3) is 5.69 Å².